The molecule has 102 valence electrons. The summed E-state index contributed by atoms with van der Waals surface area (Å²) in [5.74, 6) is 1.03. The minimum absolute atomic E-state index is 0.771. The summed E-state index contributed by atoms with van der Waals surface area (Å²) in [5.41, 5.74) is 0. The Bertz CT molecular complexity index is 178. The lowest BCUT2D eigenvalue weighted by molar-refractivity contribution is 0.360. The molecule has 0 amide bonds. The summed E-state index contributed by atoms with van der Waals surface area (Å²) in [4.78, 5) is 0. The van der Waals surface area contributed by atoms with Gasteiger partial charge in [0, 0.05) is 12.1 Å². The molecule has 1 aliphatic carbocycles. The van der Waals surface area contributed by atoms with Crippen LogP contribution in [0.4, 0.5) is 0 Å². The van der Waals surface area contributed by atoms with E-state index in [2.05, 4.69) is 26.1 Å². The SMILES string of the molecule is CCCC1CCCC(NC(CC)CCC)CC1. The van der Waals surface area contributed by atoms with E-state index in [0.717, 1.165) is 18.0 Å². The Morgan fingerprint density at radius 2 is 1.82 bits per heavy atom. The zero-order valence-electron chi connectivity index (χ0n) is 12.3. The summed E-state index contributed by atoms with van der Waals surface area (Å²) in [6.07, 6.45) is 14.0. The monoisotopic (exact) mass is 239 g/mol. The first-order chi connectivity index (χ1) is 8.30. The van der Waals surface area contributed by atoms with Crippen LogP contribution in [0.25, 0.3) is 0 Å². The van der Waals surface area contributed by atoms with Crippen LogP contribution < -0.4 is 5.32 Å². The third-order valence-corrected chi connectivity index (χ3v) is 4.39. The second kappa shape index (κ2) is 8.97. The van der Waals surface area contributed by atoms with Crippen molar-refractivity contribution in [3.8, 4) is 0 Å². The smallest absolute Gasteiger partial charge is 0.00697 e. The molecule has 0 aromatic carbocycles. The van der Waals surface area contributed by atoms with E-state index in [4.69, 9.17) is 0 Å². The van der Waals surface area contributed by atoms with Gasteiger partial charge in [0.25, 0.3) is 0 Å². The highest BCUT2D eigenvalue weighted by Crippen LogP contribution is 2.27. The van der Waals surface area contributed by atoms with Crippen molar-refractivity contribution in [1.29, 1.82) is 0 Å². The molecule has 3 unspecified atom stereocenters. The van der Waals surface area contributed by atoms with Gasteiger partial charge in [0.05, 0.1) is 0 Å². The van der Waals surface area contributed by atoms with Gasteiger partial charge in [-0.25, -0.2) is 0 Å². The molecule has 1 nitrogen and oxygen atoms in total. The minimum atomic E-state index is 0.771. The van der Waals surface area contributed by atoms with Crippen LogP contribution in [-0.2, 0) is 0 Å². The van der Waals surface area contributed by atoms with Crippen LogP contribution >= 0.6 is 0 Å². The Hall–Kier alpha value is -0.0400. The fourth-order valence-electron chi connectivity index (χ4n) is 3.33. The highest BCUT2D eigenvalue weighted by Gasteiger charge is 2.19. The maximum absolute atomic E-state index is 3.91. The largest absolute Gasteiger partial charge is 0.311 e. The van der Waals surface area contributed by atoms with Crippen molar-refractivity contribution < 1.29 is 0 Å². The Balaban J connectivity index is 2.29. The van der Waals surface area contributed by atoms with Crippen LogP contribution in [0.3, 0.4) is 0 Å². The number of hydrogen-bond acceptors (Lipinski definition) is 1. The summed E-state index contributed by atoms with van der Waals surface area (Å²) < 4.78 is 0. The van der Waals surface area contributed by atoms with E-state index < -0.39 is 0 Å². The summed E-state index contributed by atoms with van der Waals surface area (Å²) in [6.45, 7) is 6.95. The standard InChI is InChI=1S/C16H33N/c1-4-8-14-10-7-11-16(13-12-14)17-15(6-3)9-5-2/h14-17H,4-13H2,1-3H3. The van der Waals surface area contributed by atoms with Crippen molar-refractivity contribution in [3.05, 3.63) is 0 Å². The maximum atomic E-state index is 3.91. The fourth-order valence-corrected chi connectivity index (χ4v) is 3.33. The quantitative estimate of drug-likeness (QED) is 0.623. The molecule has 0 heterocycles. The Kier molecular flexibility index (Phi) is 7.92. The van der Waals surface area contributed by atoms with E-state index in [9.17, 15) is 0 Å². The van der Waals surface area contributed by atoms with Crippen LogP contribution in [0.15, 0.2) is 0 Å². The Morgan fingerprint density at radius 3 is 2.47 bits per heavy atom. The van der Waals surface area contributed by atoms with Crippen molar-refractivity contribution in [1.82, 2.24) is 5.32 Å². The lowest BCUT2D eigenvalue weighted by Gasteiger charge is -2.24. The molecule has 1 rings (SSSR count). The second-order valence-corrected chi connectivity index (χ2v) is 5.92. The highest BCUT2D eigenvalue weighted by atomic mass is 14.9. The zero-order valence-corrected chi connectivity index (χ0v) is 12.3. The van der Waals surface area contributed by atoms with E-state index >= 15 is 0 Å². The van der Waals surface area contributed by atoms with Crippen molar-refractivity contribution in [2.75, 3.05) is 0 Å². The van der Waals surface area contributed by atoms with Crippen molar-refractivity contribution in [2.45, 2.75) is 97.1 Å². The molecule has 0 aliphatic heterocycles. The lowest BCUT2D eigenvalue weighted by Crippen LogP contribution is -2.37. The maximum Gasteiger partial charge on any atom is 0.00697 e. The number of nitrogens with one attached hydrogen (secondary N) is 1. The van der Waals surface area contributed by atoms with Gasteiger partial charge < -0.3 is 5.32 Å². The van der Waals surface area contributed by atoms with Crippen molar-refractivity contribution in [3.63, 3.8) is 0 Å². The van der Waals surface area contributed by atoms with Crippen LogP contribution in [0.1, 0.15) is 85.0 Å². The number of rotatable bonds is 7. The zero-order chi connectivity index (χ0) is 12.5. The molecule has 1 aliphatic rings. The van der Waals surface area contributed by atoms with Crippen molar-refractivity contribution in [2.24, 2.45) is 5.92 Å². The van der Waals surface area contributed by atoms with Crippen LogP contribution in [-0.4, -0.2) is 12.1 Å². The first-order valence-corrected chi connectivity index (χ1v) is 8.06. The van der Waals surface area contributed by atoms with Gasteiger partial charge in [0.1, 0.15) is 0 Å². The van der Waals surface area contributed by atoms with Crippen LogP contribution in [0, 0.1) is 5.92 Å². The molecule has 1 heteroatoms. The third kappa shape index (κ3) is 5.90. The molecule has 1 saturated carbocycles. The van der Waals surface area contributed by atoms with Gasteiger partial charge in [-0.1, -0.05) is 52.9 Å². The second-order valence-electron chi connectivity index (χ2n) is 5.92. The molecule has 0 saturated heterocycles. The normalized spacial score (nSPS) is 27.7. The molecule has 0 bridgehead atoms. The molecule has 0 aromatic heterocycles. The van der Waals surface area contributed by atoms with E-state index in [1.807, 2.05) is 0 Å². The fraction of sp³-hybridized carbons (Fsp3) is 1.00. The molecule has 0 radical (unpaired) electrons. The summed E-state index contributed by atoms with van der Waals surface area (Å²) in [7, 11) is 0. The average molecular weight is 239 g/mol. The van der Waals surface area contributed by atoms with E-state index in [0.29, 0.717) is 0 Å². The summed E-state index contributed by atoms with van der Waals surface area (Å²) >= 11 is 0. The van der Waals surface area contributed by atoms with Gasteiger partial charge >= 0.3 is 0 Å². The highest BCUT2D eigenvalue weighted by molar-refractivity contribution is 4.78. The molecule has 0 aromatic rings. The van der Waals surface area contributed by atoms with E-state index in [-0.39, 0.29) is 0 Å². The first-order valence-electron chi connectivity index (χ1n) is 8.06. The molecule has 3 atom stereocenters. The van der Waals surface area contributed by atoms with Gasteiger partial charge in [0.2, 0.25) is 0 Å². The Labute approximate surface area is 109 Å². The summed E-state index contributed by atoms with van der Waals surface area (Å²) in [5, 5.41) is 3.91. The predicted octanol–water partition coefficient (Wildman–Crippen LogP) is 4.90. The number of hydrogen-bond donors (Lipinski definition) is 1. The third-order valence-electron chi connectivity index (χ3n) is 4.39. The predicted molar refractivity (Wildman–Crippen MR) is 77.4 cm³/mol. The molecule has 1 N–H and O–H groups in total. The van der Waals surface area contributed by atoms with Crippen molar-refractivity contribution >= 4 is 0 Å². The minimum Gasteiger partial charge on any atom is -0.311 e. The van der Waals surface area contributed by atoms with E-state index in [1.54, 1.807) is 0 Å². The molecule has 17 heavy (non-hydrogen) atoms. The van der Waals surface area contributed by atoms with Gasteiger partial charge in [-0.3, -0.25) is 0 Å². The molecular weight excluding hydrogens is 206 g/mol. The van der Waals surface area contributed by atoms with Gasteiger partial charge in [-0.15, -0.1) is 0 Å². The average Bonchev–Trinajstić information content (AvgIpc) is 2.55. The van der Waals surface area contributed by atoms with Crippen LogP contribution in [0.2, 0.25) is 0 Å². The van der Waals surface area contributed by atoms with E-state index in [1.165, 1.54) is 64.2 Å². The van der Waals surface area contributed by atoms with Gasteiger partial charge in [-0.05, 0) is 38.0 Å². The van der Waals surface area contributed by atoms with Gasteiger partial charge in [-0.2, -0.15) is 0 Å². The van der Waals surface area contributed by atoms with Crippen LogP contribution in [0.5, 0.6) is 0 Å². The molecular formula is C16H33N. The Morgan fingerprint density at radius 1 is 1.00 bits per heavy atom. The summed E-state index contributed by atoms with van der Waals surface area (Å²) in [6, 6.07) is 1.58. The lowest BCUT2D eigenvalue weighted by atomic mass is 9.95. The first kappa shape index (κ1) is 15.0. The van der Waals surface area contributed by atoms with Gasteiger partial charge in [0.15, 0.2) is 0 Å². The molecule has 0 spiro atoms. The topological polar surface area (TPSA) is 12.0 Å². The molecule has 1 fully saturated rings.